The minimum absolute atomic E-state index is 0.0120. The molecule has 0 saturated heterocycles. The topological polar surface area (TPSA) is 89.5 Å². The summed E-state index contributed by atoms with van der Waals surface area (Å²) in [7, 11) is -2.54. The Morgan fingerprint density at radius 1 is 1.00 bits per heavy atom. The summed E-state index contributed by atoms with van der Waals surface area (Å²) in [5.41, 5.74) is -0.0422. The fourth-order valence-corrected chi connectivity index (χ4v) is 3.41. The number of halogens is 3. The fourth-order valence-electron chi connectivity index (χ4n) is 1.95. The molecule has 0 aromatic heterocycles. The van der Waals surface area contributed by atoms with E-state index in [1.807, 2.05) is 0 Å². The van der Waals surface area contributed by atoms with Gasteiger partial charge in [0.1, 0.15) is 0 Å². The van der Waals surface area contributed by atoms with Crippen molar-refractivity contribution >= 4 is 56.6 Å². The number of rotatable bonds is 6. The number of hydrogen-bond acceptors (Lipinski definition) is 5. The molecule has 2 aromatic carbocycles. The summed E-state index contributed by atoms with van der Waals surface area (Å²) >= 11 is 17.6. The third-order valence-corrected chi connectivity index (χ3v) is 5.59. The summed E-state index contributed by atoms with van der Waals surface area (Å²) in [6, 6.07) is 7.83. The summed E-state index contributed by atoms with van der Waals surface area (Å²) in [5.74, 6) is -1.49. The van der Waals surface area contributed by atoms with Crippen molar-refractivity contribution in [3.05, 3.63) is 62.6 Å². The van der Waals surface area contributed by atoms with Gasteiger partial charge in [0.2, 0.25) is 15.8 Å². The second-order valence-corrected chi connectivity index (χ2v) is 8.11. The van der Waals surface area contributed by atoms with Crippen molar-refractivity contribution in [1.29, 1.82) is 0 Å². The first-order valence-electron chi connectivity index (χ1n) is 7.04. The Balaban J connectivity index is 2.17. The van der Waals surface area contributed by atoms with Crippen LogP contribution in [0.5, 0.6) is 0 Å². The maximum absolute atomic E-state index is 12.2. The van der Waals surface area contributed by atoms with E-state index in [0.717, 1.165) is 6.07 Å². The average molecular weight is 437 g/mol. The first-order valence-corrected chi connectivity index (χ1v) is 9.66. The first kappa shape index (κ1) is 20.7. The van der Waals surface area contributed by atoms with Crippen molar-refractivity contribution in [2.75, 3.05) is 13.7 Å². The molecule has 0 aliphatic rings. The van der Waals surface area contributed by atoms with Gasteiger partial charge in [0.05, 0.1) is 20.5 Å². The Morgan fingerprint density at radius 3 is 2.31 bits per heavy atom. The van der Waals surface area contributed by atoms with Gasteiger partial charge in [0.15, 0.2) is 6.61 Å². The second kappa shape index (κ2) is 8.37. The van der Waals surface area contributed by atoms with Crippen molar-refractivity contribution in [2.45, 2.75) is 4.90 Å². The zero-order valence-corrected chi connectivity index (χ0v) is 16.3. The van der Waals surface area contributed by atoms with E-state index in [4.69, 9.17) is 39.5 Å². The number of carbonyl (C=O) groups excluding carboxylic acids is 2. The number of nitrogens with one attached hydrogen (secondary N) is 1. The average Bonchev–Trinajstić information content (AvgIpc) is 2.59. The van der Waals surface area contributed by atoms with E-state index in [-0.39, 0.29) is 26.1 Å². The predicted molar refractivity (Wildman–Crippen MR) is 98.8 cm³/mol. The van der Waals surface area contributed by atoms with E-state index >= 15 is 0 Å². The number of carbonyl (C=O) groups is 2. The van der Waals surface area contributed by atoms with Crippen LogP contribution in [0.1, 0.15) is 20.7 Å². The number of Topliss-reactive ketones (excluding diaryl/α,β-unsaturated/α-hetero) is 1. The van der Waals surface area contributed by atoms with Gasteiger partial charge in [0, 0.05) is 10.6 Å². The lowest BCUT2D eigenvalue weighted by atomic mass is 10.1. The molecule has 0 unspecified atom stereocenters. The highest BCUT2D eigenvalue weighted by Gasteiger charge is 2.20. The number of hydrogen-bond donors (Lipinski definition) is 1. The smallest absolute Gasteiger partial charge is 0.340 e. The van der Waals surface area contributed by atoms with E-state index in [1.54, 1.807) is 0 Å². The molecule has 0 atom stereocenters. The van der Waals surface area contributed by atoms with Gasteiger partial charge < -0.3 is 4.74 Å². The molecule has 6 nitrogen and oxygen atoms in total. The van der Waals surface area contributed by atoms with Crippen LogP contribution in [0.2, 0.25) is 15.1 Å². The van der Waals surface area contributed by atoms with Crippen molar-refractivity contribution in [2.24, 2.45) is 0 Å². The lowest BCUT2D eigenvalue weighted by Gasteiger charge is -2.09. The zero-order chi connectivity index (χ0) is 19.5. The van der Waals surface area contributed by atoms with E-state index in [2.05, 4.69) is 4.72 Å². The van der Waals surface area contributed by atoms with Crippen molar-refractivity contribution < 1.29 is 22.7 Å². The molecule has 10 heteroatoms. The summed E-state index contributed by atoms with van der Waals surface area (Å²) in [6.07, 6.45) is 0. The molecule has 1 N–H and O–H groups in total. The lowest BCUT2D eigenvalue weighted by molar-refractivity contribution is 0.0474. The van der Waals surface area contributed by atoms with Gasteiger partial charge in [-0.3, -0.25) is 4.79 Å². The molecular weight excluding hydrogens is 425 g/mol. The molecule has 2 rings (SSSR count). The molecule has 0 saturated carbocycles. The van der Waals surface area contributed by atoms with Crippen LogP contribution in [-0.2, 0) is 14.8 Å². The van der Waals surface area contributed by atoms with Gasteiger partial charge in [-0.25, -0.2) is 17.9 Å². The predicted octanol–water partition coefficient (Wildman–Crippen LogP) is 3.59. The zero-order valence-electron chi connectivity index (χ0n) is 13.3. The third kappa shape index (κ3) is 4.75. The van der Waals surface area contributed by atoms with Gasteiger partial charge in [-0.15, -0.1) is 0 Å². The Morgan fingerprint density at radius 2 is 1.69 bits per heavy atom. The van der Waals surface area contributed by atoms with Crippen molar-refractivity contribution in [3.63, 3.8) is 0 Å². The normalized spacial score (nSPS) is 11.2. The highest BCUT2D eigenvalue weighted by molar-refractivity contribution is 7.89. The van der Waals surface area contributed by atoms with Crippen LogP contribution < -0.4 is 4.72 Å². The maximum Gasteiger partial charge on any atom is 0.340 e. The number of esters is 1. The van der Waals surface area contributed by atoms with Crippen LogP contribution in [0.25, 0.3) is 0 Å². The third-order valence-electron chi connectivity index (χ3n) is 3.30. The Kier molecular flexibility index (Phi) is 6.65. The van der Waals surface area contributed by atoms with Crippen molar-refractivity contribution in [1.82, 2.24) is 4.72 Å². The number of ketones is 1. The molecule has 2 aromatic rings. The molecule has 138 valence electrons. The minimum Gasteiger partial charge on any atom is -0.454 e. The van der Waals surface area contributed by atoms with Crippen LogP contribution in [-0.4, -0.2) is 33.8 Å². The molecular formula is C16H12Cl3NO5S. The highest BCUT2D eigenvalue weighted by atomic mass is 35.5. The van der Waals surface area contributed by atoms with E-state index in [9.17, 15) is 18.0 Å². The lowest BCUT2D eigenvalue weighted by Crippen LogP contribution is -2.20. The van der Waals surface area contributed by atoms with Crippen molar-refractivity contribution in [3.8, 4) is 0 Å². The number of sulfonamides is 1. The van der Waals surface area contributed by atoms with Gasteiger partial charge in [-0.1, -0.05) is 34.8 Å². The van der Waals surface area contributed by atoms with Crippen LogP contribution in [0, 0.1) is 0 Å². The highest BCUT2D eigenvalue weighted by Crippen LogP contribution is 2.23. The quantitative estimate of drug-likeness (QED) is 0.552. The number of benzene rings is 2. The van der Waals surface area contributed by atoms with Gasteiger partial charge >= 0.3 is 5.97 Å². The molecule has 0 heterocycles. The molecule has 0 bridgehead atoms. The molecule has 26 heavy (non-hydrogen) atoms. The van der Waals surface area contributed by atoms with E-state index < -0.39 is 28.4 Å². The fraction of sp³-hybridized carbons (Fsp3) is 0.125. The molecule has 0 aliphatic heterocycles. The largest absolute Gasteiger partial charge is 0.454 e. The summed E-state index contributed by atoms with van der Waals surface area (Å²) in [5, 5.41) is 0.471. The SMILES string of the molecule is CNS(=O)(=O)c1ccc(Cl)c(C(=O)OCC(=O)c2ccc(Cl)cc2Cl)c1. The van der Waals surface area contributed by atoms with Crippen LogP contribution in [0.3, 0.4) is 0 Å². The minimum atomic E-state index is -3.77. The Bertz CT molecular complexity index is 976. The van der Waals surface area contributed by atoms with Crippen LogP contribution in [0.15, 0.2) is 41.3 Å². The van der Waals surface area contributed by atoms with Crippen LogP contribution >= 0.6 is 34.8 Å². The maximum atomic E-state index is 12.2. The molecule has 0 aliphatic carbocycles. The standard InChI is InChI=1S/C16H12Cl3NO5S/c1-20-26(23,24)10-3-5-13(18)12(7-10)16(22)25-8-15(21)11-4-2-9(17)6-14(11)19/h2-7,20H,8H2,1H3. The van der Waals surface area contributed by atoms with Crippen LogP contribution in [0.4, 0.5) is 0 Å². The number of ether oxygens (including phenoxy) is 1. The van der Waals surface area contributed by atoms with E-state index in [1.165, 1.54) is 37.4 Å². The van der Waals surface area contributed by atoms with Gasteiger partial charge in [0.25, 0.3) is 0 Å². The summed E-state index contributed by atoms with van der Waals surface area (Å²) in [4.78, 5) is 24.1. The molecule has 0 amide bonds. The molecule has 0 fully saturated rings. The second-order valence-electron chi connectivity index (χ2n) is 4.97. The molecule has 0 spiro atoms. The Hall–Kier alpha value is -1.64. The molecule has 0 radical (unpaired) electrons. The van der Waals surface area contributed by atoms with Gasteiger partial charge in [-0.05, 0) is 43.4 Å². The van der Waals surface area contributed by atoms with Gasteiger partial charge in [-0.2, -0.15) is 0 Å². The first-order chi connectivity index (χ1) is 12.2. The summed E-state index contributed by atoms with van der Waals surface area (Å²) in [6.45, 7) is -0.598. The summed E-state index contributed by atoms with van der Waals surface area (Å²) < 4.78 is 30.7. The monoisotopic (exact) mass is 435 g/mol. The Labute approximate surface area is 165 Å². The van der Waals surface area contributed by atoms with E-state index in [0.29, 0.717) is 5.02 Å².